The molecule has 1 aliphatic heterocycles. The standard InChI is InChI=1S/C14H31N3O3S/c1-13(2)15-9-7-10-16(4)21(18,19)17-11-6-8-14(3,12-17)20-5/h13,15H,6-12H2,1-5H3. The Bertz CT molecular complexity index is 414. The second-order valence-corrected chi connectivity index (χ2v) is 8.42. The van der Waals surface area contributed by atoms with Crippen molar-refractivity contribution in [1.82, 2.24) is 13.9 Å². The number of rotatable bonds is 8. The van der Waals surface area contributed by atoms with Gasteiger partial charge >= 0.3 is 0 Å². The van der Waals surface area contributed by atoms with Crippen LogP contribution >= 0.6 is 0 Å². The average Bonchev–Trinajstić information content (AvgIpc) is 2.43. The van der Waals surface area contributed by atoms with Gasteiger partial charge in [0, 0.05) is 39.8 Å². The van der Waals surface area contributed by atoms with Gasteiger partial charge < -0.3 is 10.1 Å². The highest BCUT2D eigenvalue weighted by Crippen LogP contribution is 2.26. The third-order valence-corrected chi connectivity index (χ3v) is 5.97. The zero-order chi connectivity index (χ0) is 16.1. The van der Waals surface area contributed by atoms with Gasteiger partial charge in [0.25, 0.3) is 10.2 Å². The zero-order valence-corrected chi connectivity index (χ0v) is 14.9. The Balaban J connectivity index is 2.55. The van der Waals surface area contributed by atoms with Gasteiger partial charge in [-0.3, -0.25) is 0 Å². The van der Waals surface area contributed by atoms with E-state index in [1.165, 1.54) is 4.31 Å². The van der Waals surface area contributed by atoms with Crippen molar-refractivity contribution in [3.8, 4) is 0 Å². The minimum Gasteiger partial charge on any atom is -0.377 e. The highest BCUT2D eigenvalue weighted by molar-refractivity contribution is 7.86. The lowest BCUT2D eigenvalue weighted by Gasteiger charge is -2.39. The summed E-state index contributed by atoms with van der Waals surface area (Å²) in [6.07, 6.45) is 2.55. The first-order valence-electron chi connectivity index (χ1n) is 7.71. The highest BCUT2D eigenvalue weighted by atomic mass is 32.2. The van der Waals surface area contributed by atoms with Crippen molar-refractivity contribution in [2.24, 2.45) is 0 Å². The largest absolute Gasteiger partial charge is 0.377 e. The molecule has 0 amide bonds. The molecule has 0 saturated carbocycles. The average molecular weight is 321 g/mol. The molecule has 1 unspecified atom stereocenters. The molecule has 0 radical (unpaired) electrons. The van der Waals surface area contributed by atoms with Crippen LogP contribution in [-0.2, 0) is 14.9 Å². The van der Waals surface area contributed by atoms with E-state index in [1.54, 1.807) is 18.5 Å². The summed E-state index contributed by atoms with van der Waals surface area (Å²) in [5, 5.41) is 3.30. The highest BCUT2D eigenvalue weighted by Gasteiger charge is 2.37. The predicted octanol–water partition coefficient (Wildman–Crippen LogP) is 1.05. The Labute approximate surface area is 130 Å². The first-order chi connectivity index (χ1) is 9.71. The molecule has 1 fully saturated rings. The van der Waals surface area contributed by atoms with E-state index in [2.05, 4.69) is 19.2 Å². The van der Waals surface area contributed by atoms with E-state index < -0.39 is 10.2 Å². The Morgan fingerprint density at radius 2 is 2.10 bits per heavy atom. The fraction of sp³-hybridized carbons (Fsp3) is 1.00. The van der Waals surface area contributed by atoms with Gasteiger partial charge in [0.05, 0.1) is 5.60 Å². The number of hydrogen-bond donors (Lipinski definition) is 1. The topological polar surface area (TPSA) is 61.9 Å². The Kier molecular flexibility index (Phi) is 7.06. The molecular formula is C14H31N3O3S. The lowest BCUT2D eigenvalue weighted by Crippen LogP contribution is -2.53. The maximum Gasteiger partial charge on any atom is 0.281 e. The van der Waals surface area contributed by atoms with Crippen molar-refractivity contribution in [2.75, 3.05) is 40.3 Å². The van der Waals surface area contributed by atoms with Crippen LogP contribution in [0.25, 0.3) is 0 Å². The molecule has 1 aliphatic rings. The molecular weight excluding hydrogens is 290 g/mol. The molecule has 0 aliphatic carbocycles. The molecule has 0 aromatic carbocycles. The number of methoxy groups -OCH3 is 1. The maximum absolute atomic E-state index is 12.6. The quantitative estimate of drug-likeness (QED) is 0.679. The van der Waals surface area contributed by atoms with Crippen LogP contribution in [0.2, 0.25) is 0 Å². The zero-order valence-electron chi connectivity index (χ0n) is 14.1. The van der Waals surface area contributed by atoms with Crippen LogP contribution < -0.4 is 5.32 Å². The lowest BCUT2D eigenvalue weighted by atomic mass is 9.96. The first-order valence-corrected chi connectivity index (χ1v) is 9.11. The molecule has 1 atom stereocenters. The normalized spacial score (nSPS) is 24.9. The molecule has 1 saturated heterocycles. The fourth-order valence-corrected chi connectivity index (χ4v) is 4.08. The Morgan fingerprint density at radius 1 is 1.43 bits per heavy atom. The van der Waals surface area contributed by atoms with Crippen LogP contribution in [-0.4, -0.2) is 69.0 Å². The predicted molar refractivity (Wildman–Crippen MR) is 85.5 cm³/mol. The van der Waals surface area contributed by atoms with E-state index in [9.17, 15) is 8.42 Å². The van der Waals surface area contributed by atoms with Crippen molar-refractivity contribution in [1.29, 1.82) is 0 Å². The van der Waals surface area contributed by atoms with Crippen LogP contribution in [0.4, 0.5) is 0 Å². The van der Waals surface area contributed by atoms with Crippen LogP contribution in [0.1, 0.15) is 40.0 Å². The number of ether oxygens (including phenoxy) is 1. The van der Waals surface area contributed by atoms with Gasteiger partial charge in [-0.2, -0.15) is 17.0 Å². The fourth-order valence-electron chi connectivity index (χ4n) is 2.53. The van der Waals surface area contributed by atoms with E-state index in [-0.39, 0.29) is 5.60 Å². The SMILES string of the molecule is COC1(C)CCCN(S(=O)(=O)N(C)CCCNC(C)C)C1. The smallest absolute Gasteiger partial charge is 0.281 e. The lowest BCUT2D eigenvalue weighted by molar-refractivity contribution is -0.0328. The molecule has 0 aromatic rings. The van der Waals surface area contributed by atoms with Gasteiger partial charge in [-0.05, 0) is 32.7 Å². The summed E-state index contributed by atoms with van der Waals surface area (Å²) < 4.78 is 33.7. The molecule has 126 valence electrons. The second-order valence-electron chi connectivity index (χ2n) is 6.38. The molecule has 1 N–H and O–H groups in total. The van der Waals surface area contributed by atoms with E-state index in [0.29, 0.717) is 25.7 Å². The van der Waals surface area contributed by atoms with Crippen LogP contribution in [0.5, 0.6) is 0 Å². The maximum atomic E-state index is 12.6. The Hall–Kier alpha value is -0.210. The minimum atomic E-state index is -3.38. The molecule has 7 heteroatoms. The summed E-state index contributed by atoms with van der Waals surface area (Å²) in [5.74, 6) is 0. The van der Waals surface area contributed by atoms with Crippen molar-refractivity contribution in [2.45, 2.75) is 51.7 Å². The summed E-state index contributed by atoms with van der Waals surface area (Å²) in [7, 11) is -0.0786. The number of nitrogens with zero attached hydrogens (tertiary/aromatic N) is 2. The molecule has 0 spiro atoms. The summed E-state index contributed by atoms with van der Waals surface area (Å²) in [4.78, 5) is 0. The van der Waals surface area contributed by atoms with Crippen LogP contribution in [0.3, 0.4) is 0 Å². The molecule has 6 nitrogen and oxygen atoms in total. The van der Waals surface area contributed by atoms with E-state index in [1.807, 2.05) is 6.92 Å². The molecule has 0 aromatic heterocycles. The summed E-state index contributed by atoms with van der Waals surface area (Å²) in [6, 6.07) is 0.427. The Morgan fingerprint density at radius 3 is 2.67 bits per heavy atom. The van der Waals surface area contributed by atoms with Crippen LogP contribution in [0, 0.1) is 0 Å². The van der Waals surface area contributed by atoms with Gasteiger partial charge in [-0.15, -0.1) is 0 Å². The van der Waals surface area contributed by atoms with Crippen molar-refractivity contribution in [3.05, 3.63) is 0 Å². The first kappa shape index (κ1) is 18.8. The molecule has 1 heterocycles. The van der Waals surface area contributed by atoms with Gasteiger partial charge in [-0.1, -0.05) is 13.8 Å². The summed E-state index contributed by atoms with van der Waals surface area (Å²) >= 11 is 0. The van der Waals surface area contributed by atoms with Crippen LogP contribution in [0.15, 0.2) is 0 Å². The van der Waals surface area contributed by atoms with Crippen molar-refractivity contribution >= 4 is 10.2 Å². The molecule has 1 rings (SSSR count). The van der Waals surface area contributed by atoms with E-state index in [4.69, 9.17) is 4.74 Å². The third-order valence-electron chi connectivity index (χ3n) is 4.04. The van der Waals surface area contributed by atoms with Gasteiger partial charge in [0.2, 0.25) is 0 Å². The second kappa shape index (κ2) is 7.87. The molecule has 0 bridgehead atoms. The van der Waals surface area contributed by atoms with Gasteiger partial charge in [0.15, 0.2) is 0 Å². The number of piperidine rings is 1. The number of hydrogen-bond acceptors (Lipinski definition) is 4. The molecule has 21 heavy (non-hydrogen) atoms. The third kappa shape index (κ3) is 5.49. The summed E-state index contributed by atoms with van der Waals surface area (Å²) in [6.45, 7) is 8.51. The minimum absolute atomic E-state index is 0.370. The van der Waals surface area contributed by atoms with E-state index in [0.717, 1.165) is 25.8 Å². The van der Waals surface area contributed by atoms with Gasteiger partial charge in [-0.25, -0.2) is 0 Å². The van der Waals surface area contributed by atoms with E-state index >= 15 is 0 Å². The van der Waals surface area contributed by atoms with Gasteiger partial charge in [0.1, 0.15) is 0 Å². The van der Waals surface area contributed by atoms with Crippen molar-refractivity contribution < 1.29 is 13.2 Å². The summed E-state index contributed by atoms with van der Waals surface area (Å²) in [5.41, 5.74) is -0.370. The monoisotopic (exact) mass is 321 g/mol. The van der Waals surface area contributed by atoms with Crippen molar-refractivity contribution in [3.63, 3.8) is 0 Å². The number of nitrogens with one attached hydrogen (secondary N) is 1.